The van der Waals surface area contributed by atoms with Gasteiger partial charge in [0.25, 0.3) is 5.91 Å². The number of nitrogens with one attached hydrogen (secondary N) is 1. The second kappa shape index (κ2) is 7.12. The molecule has 6 heteroatoms. The number of benzene rings is 2. The zero-order valence-electron chi connectivity index (χ0n) is 13.6. The molecule has 5 nitrogen and oxygen atoms in total. The minimum Gasteiger partial charge on any atom is -0.481 e. The molecule has 126 valence electrons. The van der Waals surface area contributed by atoms with Crippen molar-refractivity contribution in [2.24, 2.45) is 0 Å². The zero-order valence-corrected chi connectivity index (χ0v) is 13.6. The number of amides is 1. The van der Waals surface area contributed by atoms with E-state index in [4.69, 9.17) is 9.84 Å². The lowest BCUT2D eigenvalue weighted by atomic mass is 10.0. The van der Waals surface area contributed by atoms with Gasteiger partial charge in [0.15, 0.2) is 18.2 Å². The van der Waals surface area contributed by atoms with E-state index in [9.17, 15) is 14.0 Å². The van der Waals surface area contributed by atoms with Gasteiger partial charge >= 0.3 is 5.97 Å². The van der Waals surface area contributed by atoms with Gasteiger partial charge in [0.05, 0.1) is 5.56 Å². The summed E-state index contributed by atoms with van der Waals surface area (Å²) in [7, 11) is 0. The topological polar surface area (TPSA) is 75.6 Å². The van der Waals surface area contributed by atoms with Gasteiger partial charge in [-0.05, 0) is 55.7 Å². The standard InChI is InChI=1S/C18H18FNO4/c1-10-4-5-14(19)16(6-10)24-9-17(21)20-15-8-13(18(22)23)11(2)7-12(15)3/h4-8H,9H2,1-3H3,(H,20,21)(H,22,23). The fraction of sp³-hybridized carbons (Fsp3) is 0.222. The van der Waals surface area contributed by atoms with Crippen molar-refractivity contribution in [2.75, 3.05) is 11.9 Å². The van der Waals surface area contributed by atoms with E-state index in [-0.39, 0.29) is 17.9 Å². The smallest absolute Gasteiger partial charge is 0.336 e. The van der Waals surface area contributed by atoms with Crippen molar-refractivity contribution in [3.05, 3.63) is 58.4 Å². The first-order chi connectivity index (χ1) is 11.3. The predicted octanol–water partition coefficient (Wildman–Crippen LogP) is 3.47. The van der Waals surface area contributed by atoms with Crippen molar-refractivity contribution in [2.45, 2.75) is 20.8 Å². The highest BCUT2D eigenvalue weighted by molar-refractivity contribution is 5.96. The number of halogens is 1. The highest BCUT2D eigenvalue weighted by Gasteiger charge is 2.13. The van der Waals surface area contributed by atoms with E-state index >= 15 is 0 Å². The van der Waals surface area contributed by atoms with E-state index in [0.717, 1.165) is 11.1 Å². The molecule has 2 aromatic carbocycles. The summed E-state index contributed by atoms with van der Waals surface area (Å²) in [4.78, 5) is 23.2. The summed E-state index contributed by atoms with van der Waals surface area (Å²) in [6.07, 6.45) is 0. The zero-order chi connectivity index (χ0) is 17.9. The average molecular weight is 331 g/mol. The monoisotopic (exact) mass is 331 g/mol. The summed E-state index contributed by atoms with van der Waals surface area (Å²) < 4.78 is 18.8. The second-order valence-corrected chi connectivity index (χ2v) is 5.56. The van der Waals surface area contributed by atoms with Crippen molar-refractivity contribution >= 4 is 17.6 Å². The Balaban J connectivity index is 2.08. The van der Waals surface area contributed by atoms with E-state index < -0.39 is 17.7 Å². The van der Waals surface area contributed by atoms with Crippen LogP contribution in [0, 0.1) is 26.6 Å². The predicted molar refractivity (Wildman–Crippen MR) is 88.1 cm³/mol. The van der Waals surface area contributed by atoms with E-state index in [1.807, 2.05) is 0 Å². The number of hydrogen-bond donors (Lipinski definition) is 2. The van der Waals surface area contributed by atoms with Crippen molar-refractivity contribution in [1.29, 1.82) is 0 Å². The first kappa shape index (κ1) is 17.5. The minimum absolute atomic E-state index is 0.00277. The molecular weight excluding hydrogens is 313 g/mol. The number of hydrogen-bond acceptors (Lipinski definition) is 3. The molecule has 0 aromatic heterocycles. The van der Waals surface area contributed by atoms with Gasteiger partial charge in [0.2, 0.25) is 0 Å². The number of carboxylic acid groups (broad SMARTS) is 1. The molecule has 0 aliphatic carbocycles. The summed E-state index contributed by atoms with van der Waals surface area (Å²) in [6, 6.07) is 7.46. The molecule has 2 N–H and O–H groups in total. The number of aryl methyl sites for hydroxylation is 3. The van der Waals surface area contributed by atoms with Crippen LogP contribution in [0.1, 0.15) is 27.0 Å². The third-order valence-electron chi connectivity index (χ3n) is 3.52. The summed E-state index contributed by atoms with van der Waals surface area (Å²) in [5, 5.41) is 11.7. The van der Waals surface area contributed by atoms with Crippen LogP contribution in [0.25, 0.3) is 0 Å². The Bertz CT molecular complexity index is 802. The SMILES string of the molecule is Cc1ccc(F)c(OCC(=O)Nc2cc(C(=O)O)c(C)cc2C)c1. The van der Waals surface area contributed by atoms with E-state index in [0.29, 0.717) is 11.3 Å². The number of carbonyl (C=O) groups excluding carboxylic acids is 1. The third-order valence-corrected chi connectivity index (χ3v) is 3.52. The lowest BCUT2D eigenvalue weighted by molar-refractivity contribution is -0.118. The van der Waals surface area contributed by atoms with Crippen LogP contribution in [0.5, 0.6) is 5.75 Å². The maximum atomic E-state index is 13.6. The molecule has 0 saturated heterocycles. The van der Waals surface area contributed by atoms with Crippen LogP contribution in [-0.4, -0.2) is 23.6 Å². The van der Waals surface area contributed by atoms with Gasteiger partial charge in [0, 0.05) is 5.69 Å². The Morgan fingerprint density at radius 1 is 1.12 bits per heavy atom. The number of carbonyl (C=O) groups is 2. The summed E-state index contributed by atoms with van der Waals surface area (Å²) in [5.74, 6) is -2.12. The van der Waals surface area contributed by atoms with Crippen molar-refractivity contribution < 1.29 is 23.8 Å². The molecule has 0 saturated carbocycles. The number of anilines is 1. The highest BCUT2D eigenvalue weighted by atomic mass is 19.1. The third kappa shape index (κ3) is 4.10. The molecule has 0 spiro atoms. The van der Waals surface area contributed by atoms with Gasteiger partial charge in [-0.25, -0.2) is 9.18 Å². The maximum Gasteiger partial charge on any atom is 0.336 e. The van der Waals surface area contributed by atoms with Crippen LogP contribution >= 0.6 is 0 Å². The van der Waals surface area contributed by atoms with Crippen molar-refractivity contribution in [3.8, 4) is 5.75 Å². The Hall–Kier alpha value is -2.89. The van der Waals surface area contributed by atoms with Crippen LogP contribution < -0.4 is 10.1 Å². The Morgan fingerprint density at radius 2 is 1.83 bits per heavy atom. The van der Waals surface area contributed by atoms with E-state index in [2.05, 4.69) is 5.32 Å². The minimum atomic E-state index is -1.07. The van der Waals surface area contributed by atoms with Gasteiger partial charge in [-0.15, -0.1) is 0 Å². The average Bonchev–Trinajstić information content (AvgIpc) is 2.50. The molecule has 2 aromatic rings. The molecule has 0 aliphatic heterocycles. The van der Waals surface area contributed by atoms with Crippen LogP contribution in [0.2, 0.25) is 0 Å². The first-order valence-corrected chi connectivity index (χ1v) is 7.31. The molecule has 1 amide bonds. The number of aromatic carboxylic acids is 1. The van der Waals surface area contributed by atoms with Gasteiger partial charge in [-0.2, -0.15) is 0 Å². The number of ether oxygens (including phenoxy) is 1. The van der Waals surface area contributed by atoms with Crippen LogP contribution in [0.15, 0.2) is 30.3 Å². The van der Waals surface area contributed by atoms with E-state index in [1.165, 1.54) is 18.2 Å². The van der Waals surface area contributed by atoms with Crippen LogP contribution in [0.4, 0.5) is 10.1 Å². The van der Waals surface area contributed by atoms with Crippen LogP contribution in [-0.2, 0) is 4.79 Å². The number of rotatable bonds is 5. The van der Waals surface area contributed by atoms with Gasteiger partial charge in [0.1, 0.15) is 0 Å². The lowest BCUT2D eigenvalue weighted by Crippen LogP contribution is -2.21. The fourth-order valence-corrected chi connectivity index (χ4v) is 2.27. The first-order valence-electron chi connectivity index (χ1n) is 7.31. The molecular formula is C18H18FNO4. The molecule has 24 heavy (non-hydrogen) atoms. The van der Waals surface area contributed by atoms with Gasteiger partial charge in [-0.3, -0.25) is 4.79 Å². The molecule has 0 atom stereocenters. The summed E-state index contributed by atoms with van der Waals surface area (Å²) >= 11 is 0. The maximum absolute atomic E-state index is 13.6. The lowest BCUT2D eigenvalue weighted by Gasteiger charge is -2.12. The van der Waals surface area contributed by atoms with Gasteiger partial charge in [-0.1, -0.05) is 12.1 Å². The van der Waals surface area contributed by atoms with Crippen LogP contribution in [0.3, 0.4) is 0 Å². The molecule has 0 fully saturated rings. The molecule has 0 heterocycles. The Kier molecular flexibility index (Phi) is 5.18. The summed E-state index contributed by atoms with van der Waals surface area (Å²) in [6.45, 7) is 4.85. The molecule has 0 bridgehead atoms. The van der Waals surface area contributed by atoms with Crippen molar-refractivity contribution in [1.82, 2.24) is 0 Å². The largest absolute Gasteiger partial charge is 0.481 e. The Morgan fingerprint density at radius 3 is 2.50 bits per heavy atom. The number of carboxylic acids is 1. The fourth-order valence-electron chi connectivity index (χ4n) is 2.27. The highest BCUT2D eigenvalue weighted by Crippen LogP contribution is 2.21. The molecule has 2 rings (SSSR count). The second-order valence-electron chi connectivity index (χ2n) is 5.56. The quantitative estimate of drug-likeness (QED) is 0.880. The van der Waals surface area contributed by atoms with Gasteiger partial charge < -0.3 is 15.2 Å². The summed E-state index contributed by atoms with van der Waals surface area (Å²) in [5.41, 5.74) is 2.65. The molecule has 0 aliphatic rings. The van der Waals surface area contributed by atoms with Crippen molar-refractivity contribution in [3.63, 3.8) is 0 Å². The molecule has 0 radical (unpaired) electrons. The Labute approximate surface area is 139 Å². The molecule has 0 unspecified atom stereocenters. The normalized spacial score (nSPS) is 10.3. The van der Waals surface area contributed by atoms with E-state index in [1.54, 1.807) is 32.9 Å².